The van der Waals surface area contributed by atoms with E-state index in [4.69, 9.17) is 0 Å². The van der Waals surface area contributed by atoms with Gasteiger partial charge in [-0.25, -0.2) is 0 Å². The summed E-state index contributed by atoms with van der Waals surface area (Å²) in [5.41, 5.74) is 2.17. The van der Waals surface area contributed by atoms with E-state index in [0.717, 1.165) is 45.3 Å². The Bertz CT molecular complexity index is 790. The van der Waals surface area contributed by atoms with Crippen LogP contribution < -0.4 is 0 Å². The van der Waals surface area contributed by atoms with Crippen LogP contribution in [0, 0.1) is 5.41 Å². The zero-order valence-electron chi connectivity index (χ0n) is 15.6. The summed E-state index contributed by atoms with van der Waals surface area (Å²) in [4.78, 5) is 29.6. The van der Waals surface area contributed by atoms with E-state index in [0.29, 0.717) is 13.0 Å². The van der Waals surface area contributed by atoms with Crippen LogP contribution in [0.5, 0.6) is 0 Å². The summed E-state index contributed by atoms with van der Waals surface area (Å²) in [6.07, 6.45) is 3.93. The molecule has 2 amide bonds. The summed E-state index contributed by atoms with van der Waals surface area (Å²) < 4.78 is 0. The first kappa shape index (κ1) is 18.2. The van der Waals surface area contributed by atoms with Gasteiger partial charge in [0.2, 0.25) is 11.8 Å². The fourth-order valence-corrected chi connectivity index (χ4v) is 5.03. The molecule has 2 aromatic rings. The lowest BCUT2D eigenvalue weighted by Gasteiger charge is -2.24. The number of amides is 2. The summed E-state index contributed by atoms with van der Waals surface area (Å²) in [5, 5.41) is 4.15. The Morgan fingerprint density at radius 3 is 2.63 bits per heavy atom. The van der Waals surface area contributed by atoms with Gasteiger partial charge in [-0.05, 0) is 53.6 Å². The lowest BCUT2D eigenvalue weighted by Crippen LogP contribution is -2.39. The number of hydrogen-bond acceptors (Lipinski definition) is 3. The minimum absolute atomic E-state index is 0.189. The predicted molar refractivity (Wildman–Crippen MR) is 108 cm³/mol. The van der Waals surface area contributed by atoms with Gasteiger partial charge in [0.15, 0.2) is 0 Å². The van der Waals surface area contributed by atoms with Crippen LogP contribution in [0.1, 0.15) is 30.4 Å². The van der Waals surface area contributed by atoms with Crippen LogP contribution in [0.15, 0.2) is 47.2 Å². The first-order valence-corrected chi connectivity index (χ1v) is 10.7. The van der Waals surface area contributed by atoms with Crippen LogP contribution in [0.3, 0.4) is 0 Å². The highest BCUT2D eigenvalue weighted by molar-refractivity contribution is 7.07. The van der Waals surface area contributed by atoms with E-state index in [2.05, 4.69) is 23.6 Å². The summed E-state index contributed by atoms with van der Waals surface area (Å²) in [6, 6.07) is 12.4. The van der Waals surface area contributed by atoms with E-state index in [1.54, 1.807) is 11.3 Å². The molecule has 1 unspecified atom stereocenters. The molecule has 1 spiro atoms. The second-order valence-electron chi connectivity index (χ2n) is 7.76. The average Bonchev–Trinajstić information content (AvgIpc) is 3.43. The monoisotopic (exact) mass is 382 g/mol. The fraction of sp³-hybridized carbons (Fsp3) is 0.455. The Morgan fingerprint density at radius 2 is 1.85 bits per heavy atom. The first-order valence-electron chi connectivity index (χ1n) is 9.78. The van der Waals surface area contributed by atoms with Gasteiger partial charge in [-0.15, -0.1) is 0 Å². The Morgan fingerprint density at radius 1 is 1.04 bits per heavy atom. The summed E-state index contributed by atoms with van der Waals surface area (Å²) in [6.45, 7) is 2.93. The minimum atomic E-state index is -0.325. The second kappa shape index (κ2) is 7.85. The van der Waals surface area contributed by atoms with Crippen molar-refractivity contribution in [2.24, 2.45) is 5.41 Å². The van der Waals surface area contributed by atoms with Crippen LogP contribution in [0.25, 0.3) is 0 Å². The molecule has 1 atom stereocenters. The Hall–Kier alpha value is -2.14. The zero-order valence-corrected chi connectivity index (χ0v) is 16.4. The Labute approximate surface area is 164 Å². The van der Waals surface area contributed by atoms with Crippen molar-refractivity contribution in [2.45, 2.75) is 32.1 Å². The van der Waals surface area contributed by atoms with Gasteiger partial charge in [-0.1, -0.05) is 30.3 Å². The quantitative estimate of drug-likeness (QED) is 0.769. The molecule has 4 rings (SSSR count). The summed E-state index contributed by atoms with van der Waals surface area (Å²) in [5.74, 6) is 0.445. The maximum atomic E-state index is 13.1. The molecule has 2 fully saturated rings. The van der Waals surface area contributed by atoms with Gasteiger partial charge in [0.05, 0.1) is 5.41 Å². The van der Waals surface area contributed by atoms with Gasteiger partial charge in [-0.3, -0.25) is 9.59 Å². The third-order valence-corrected chi connectivity index (χ3v) is 6.76. The third-order valence-electron chi connectivity index (χ3n) is 6.03. The molecule has 0 N–H and O–H groups in total. The van der Waals surface area contributed by atoms with Crippen molar-refractivity contribution in [1.29, 1.82) is 0 Å². The molecule has 1 aromatic carbocycles. The van der Waals surface area contributed by atoms with Crippen molar-refractivity contribution in [2.75, 3.05) is 26.2 Å². The van der Waals surface area contributed by atoms with E-state index < -0.39 is 0 Å². The lowest BCUT2D eigenvalue weighted by atomic mass is 9.85. The number of thiophene rings is 1. The molecule has 2 saturated heterocycles. The Balaban J connectivity index is 1.30. The topological polar surface area (TPSA) is 40.6 Å². The molecule has 3 heterocycles. The number of hydrogen-bond donors (Lipinski definition) is 0. The van der Waals surface area contributed by atoms with Gasteiger partial charge < -0.3 is 9.80 Å². The van der Waals surface area contributed by atoms with Crippen molar-refractivity contribution in [3.8, 4) is 0 Å². The smallest absolute Gasteiger partial charge is 0.230 e. The molecule has 27 heavy (non-hydrogen) atoms. The van der Waals surface area contributed by atoms with Crippen LogP contribution in [0.4, 0.5) is 0 Å². The van der Waals surface area contributed by atoms with Gasteiger partial charge in [0.25, 0.3) is 0 Å². The molecule has 2 aliphatic heterocycles. The number of aryl methyl sites for hydroxylation is 1. The molecular formula is C22H26N2O2S. The third kappa shape index (κ3) is 3.93. The van der Waals surface area contributed by atoms with Gasteiger partial charge in [0, 0.05) is 32.6 Å². The first-order chi connectivity index (χ1) is 13.2. The fourth-order valence-electron chi connectivity index (χ4n) is 4.32. The molecular weight excluding hydrogens is 356 g/mol. The summed E-state index contributed by atoms with van der Waals surface area (Å²) >= 11 is 1.67. The van der Waals surface area contributed by atoms with Crippen LogP contribution >= 0.6 is 11.3 Å². The molecule has 5 heteroatoms. The molecule has 4 nitrogen and oxygen atoms in total. The van der Waals surface area contributed by atoms with E-state index in [1.165, 1.54) is 11.1 Å². The van der Waals surface area contributed by atoms with Gasteiger partial charge in [-0.2, -0.15) is 11.3 Å². The average molecular weight is 383 g/mol. The van der Waals surface area contributed by atoms with Crippen molar-refractivity contribution in [1.82, 2.24) is 9.80 Å². The lowest BCUT2D eigenvalue weighted by molar-refractivity contribution is -0.136. The van der Waals surface area contributed by atoms with Crippen LogP contribution in [0.2, 0.25) is 0 Å². The SMILES string of the molecule is O=C(CCc1ccsc1)N1CCC2(CCN(CCc3ccccc3)C2=O)C1. The largest absolute Gasteiger partial charge is 0.342 e. The number of carbonyl (C=O) groups excluding carboxylic acids is 2. The normalized spacial score (nSPS) is 22.1. The highest BCUT2D eigenvalue weighted by Gasteiger charge is 2.51. The molecule has 2 aliphatic rings. The molecule has 0 aliphatic carbocycles. The number of benzene rings is 1. The molecule has 0 radical (unpaired) electrons. The van der Waals surface area contributed by atoms with Crippen molar-refractivity contribution in [3.05, 3.63) is 58.3 Å². The van der Waals surface area contributed by atoms with Crippen molar-refractivity contribution < 1.29 is 9.59 Å². The predicted octanol–water partition coefficient (Wildman–Crippen LogP) is 3.37. The highest BCUT2D eigenvalue weighted by atomic mass is 32.1. The van der Waals surface area contributed by atoms with E-state index in [-0.39, 0.29) is 17.2 Å². The van der Waals surface area contributed by atoms with Crippen LogP contribution in [-0.4, -0.2) is 47.8 Å². The zero-order chi connectivity index (χ0) is 18.7. The molecule has 0 saturated carbocycles. The van der Waals surface area contributed by atoms with E-state index in [9.17, 15) is 9.59 Å². The van der Waals surface area contributed by atoms with E-state index >= 15 is 0 Å². The number of likely N-dealkylation sites (tertiary alicyclic amines) is 2. The van der Waals surface area contributed by atoms with Gasteiger partial charge >= 0.3 is 0 Å². The number of carbonyl (C=O) groups is 2. The molecule has 1 aromatic heterocycles. The number of nitrogens with zero attached hydrogens (tertiary/aromatic N) is 2. The molecule has 142 valence electrons. The van der Waals surface area contributed by atoms with Gasteiger partial charge in [0.1, 0.15) is 0 Å². The van der Waals surface area contributed by atoms with Crippen molar-refractivity contribution in [3.63, 3.8) is 0 Å². The minimum Gasteiger partial charge on any atom is -0.342 e. The van der Waals surface area contributed by atoms with Crippen molar-refractivity contribution >= 4 is 23.2 Å². The summed E-state index contributed by atoms with van der Waals surface area (Å²) in [7, 11) is 0. The number of rotatable bonds is 6. The maximum absolute atomic E-state index is 13.1. The molecule has 0 bridgehead atoms. The Kier molecular flexibility index (Phi) is 5.30. The van der Waals surface area contributed by atoms with E-state index in [1.807, 2.05) is 33.4 Å². The second-order valence-corrected chi connectivity index (χ2v) is 8.54. The highest BCUT2D eigenvalue weighted by Crippen LogP contribution is 2.40. The van der Waals surface area contributed by atoms with Crippen LogP contribution in [-0.2, 0) is 22.4 Å². The standard InChI is InChI=1S/C22H26N2O2S/c25-20(7-6-19-9-15-27-16-19)24-14-11-22(17-24)10-13-23(21(22)26)12-8-18-4-2-1-3-5-18/h1-5,9,15-16H,6-8,10-14,17H2. The maximum Gasteiger partial charge on any atom is 0.230 e.